The average molecular weight is 425 g/mol. The number of hydrazone groups is 1. The highest BCUT2D eigenvalue weighted by molar-refractivity contribution is 6.51. The van der Waals surface area contributed by atoms with E-state index in [9.17, 15) is 9.50 Å². The number of nitrogens with zero attached hydrogens (tertiary/aromatic N) is 3. The maximum atomic E-state index is 13.4. The molecule has 7 heteroatoms. The topological polar surface area (TPSA) is 74.2 Å². The fourth-order valence-corrected chi connectivity index (χ4v) is 4.31. The van der Waals surface area contributed by atoms with E-state index in [1.807, 2.05) is 0 Å². The van der Waals surface area contributed by atoms with Gasteiger partial charge in [-0.3, -0.25) is 9.89 Å². The van der Waals surface area contributed by atoms with Crippen LogP contribution < -0.4 is 5.84 Å². The van der Waals surface area contributed by atoms with Gasteiger partial charge in [-0.25, -0.2) is 4.39 Å². The van der Waals surface area contributed by atoms with E-state index in [4.69, 9.17) is 22.4 Å². The Bertz CT molecular complexity index is 710. The van der Waals surface area contributed by atoms with Gasteiger partial charge in [0.15, 0.2) is 0 Å². The summed E-state index contributed by atoms with van der Waals surface area (Å²) in [7, 11) is 0. The van der Waals surface area contributed by atoms with Crippen molar-refractivity contribution in [2.45, 2.75) is 70.9 Å². The summed E-state index contributed by atoms with van der Waals surface area (Å²) >= 11 is 6.16. The lowest BCUT2D eigenvalue weighted by Crippen LogP contribution is -2.34. The summed E-state index contributed by atoms with van der Waals surface area (Å²) in [6.45, 7) is 6.05. The molecule has 0 aromatic heterocycles. The second-order valence-electron chi connectivity index (χ2n) is 7.71. The fraction of sp³-hybridized carbons (Fsp3) is 0.636. The first-order valence-electron chi connectivity index (χ1n) is 10.7. The van der Waals surface area contributed by atoms with Crippen LogP contribution in [0, 0.1) is 5.82 Å². The molecule has 0 radical (unpaired) electrons. The Kier molecular flexibility index (Phi) is 10.0. The molecule has 1 heterocycles. The van der Waals surface area contributed by atoms with Crippen LogP contribution in [0.15, 0.2) is 28.3 Å². The van der Waals surface area contributed by atoms with Gasteiger partial charge in [0.25, 0.3) is 0 Å². The molecule has 0 aliphatic carbocycles. The van der Waals surface area contributed by atoms with Gasteiger partial charge in [-0.1, -0.05) is 51.1 Å². The molecule has 5 nitrogen and oxygen atoms in total. The quantitative estimate of drug-likeness (QED) is 0.239. The molecule has 0 bridgehead atoms. The summed E-state index contributed by atoms with van der Waals surface area (Å²) in [4.78, 5) is 7.29. The summed E-state index contributed by atoms with van der Waals surface area (Å²) < 4.78 is 13.4. The lowest BCUT2D eigenvalue weighted by atomic mass is 10.0. The Morgan fingerprint density at radius 2 is 2.10 bits per heavy atom. The summed E-state index contributed by atoms with van der Waals surface area (Å²) in [5.41, 5.74) is 1.18. The van der Waals surface area contributed by atoms with Gasteiger partial charge in [0.1, 0.15) is 11.5 Å². The highest BCUT2D eigenvalue weighted by Gasteiger charge is 2.28. The molecular weight excluding hydrogens is 391 g/mol. The molecular formula is C22H34ClFN4O. The number of benzene rings is 1. The SMILES string of the molecule is CCCCCC(CCC)N1CCC(N=C(CO)C(=NN)c2ccc(F)cc2Cl)C1. The van der Waals surface area contributed by atoms with Gasteiger partial charge in [-0.2, -0.15) is 5.10 Å². The van der Waals surface area contributed by atoms with E-state index in [1.54, 1.807) is 0 Å². The summed E-state index contributed by atoms with van der Waals surface area (Å²) in [5, 5.41) is 13.9. The van der Waals surface area contributed by atoms with Crippen molar-refractivity contribution in [1.29, 1.82) is 0 Å². The number of hydrogen-bond donors (Lipinski definition) is 2. The van der Waals surface area contributed by atoms with Gasteiger partial charge in [0.2, 0.25) is 0 Å². The number of unbranched alkanes of at least 4 members (excludes halogenated alkanes) is 2. The van der Waals surface area contributed by atoms with E-state index in [-0.39, 0.29) is 17.7 Å². The fourth-order valence-electron chi connectivity index (χ4n) is 4.06. The highest BCUT2D eigenvalue weighted by atomic mass is 35.5. The lowest BCUT2D eigenvalue weighted by Gasteiger charge is -2.27. The maximum Gasteiger partial charge on any atom is 0.124 e. The second-order valence-corrected chi connectivity index (χ2v) is 8.12. The van der Waals surface area contributed by atoms with Gasteiger partial charge in [-0.15, -0.1) is 0 Å². The van der Waals surface area contributed by atoms with E-state index in [1.165, 1.54) is 56.7 Å². The van der Waals surface area contributed by atoms with Crippen LogP contribution in [0.5, 0.6) is 0 Å². The molecule has 1 aromatic rings. The maximum absolute atomic E-state index is 13.4. The van der Waals surface area contributed by atoms with Gasteiger partial charge in [0, 0.05) is 24.7 Å². The standard InChI is InChI=1S/C22H34ClFN4O/c1-3-5-6-8-18(7-4-2)28-12-11-17(14-28)26-21(15-29)22(27-25)19-10-9-16(24)13-20(19)23/h9-10,13,17-18,29H,3-8,11-12,14-15,25H2,1-2H3. The number of aliphatic hydroxyl groups is 1. The number of aliphatic hydroxyl groups excluding tert-OH is 1. The van der Waals surface area contributed by atoms with Crippen molar-refractivity contribution in [3.8, 4) is 0 Å². The normalized spacial score (nSPS) is 19.7. The van der Waals surface area contributed by atoms with Gasteiger partial charge >= 0.3 is 0 Å². The number of rotatable bonds is 11. The Hall–Kier alpha value is -1.50. The van der Waals surface area contributed by atoms with Crippen LogP contribution in [0.1, 0.15) is 64.4 Å². The summed E-state index contributed by atoms with van der Waals surface area (Å²) in [6, 6.07) is 4.70. The van der Waals surface area contributed by atoms with Crippen LogP contribution in [0.3, 0.4) is 0 Å². The third-order valence-electron chi connectivity index (χ3n) is 5.55. The molecule has 1 fully saturated rings. The third-order valence-corrected chi connectivity index (χ3v) is 5.86. The second kappa shape index (κ2) is 12.3. The first-order valence-corrected chi connectivity index (χ1v) is 11.1. The molecule has 1 aliphatic heterocycles. The number of aliphatic imine (C=N–C) groups is 1. The lowest BCUT2D eigenvalue weighted by molar-refractivity contribution is 0.211. The molecule has 0 spiro atoms. The molecule has 1 saturated heterocycles. The summed E-state index contributed by atoms with van der Waals surface area (Å²) in [6.07, 6.45) is 8.32. The minimum atomic E-state index is -0.436. The Labute approximate surface area is 178 Å². The van der Waals surface area contributed by atoms with E-state index >= 15 is 0 Å². The van der Waals surface area contributed by atoms with Crippen LogP contribution in [0.4, 0.5) is 4.39 Å². The zero-order valence-corrected chi connectivity index (χ0v) is 18.3. The molecule has 1 aromatic carbocycles. The predicted octanol–water partition coefficient (Wildman–Crippen LogP) is 4.40. The van der Waals surface area contributed by atoms with Gasteiger partial charge < -0.3 is 10.9 Å². The van der Waals surface area contributed by atoms with Crippen molar-refractivity contribution >= 4 is 23.0 Å². The Morgan fingerprint density at radius 1 is 1.31 bits per heavy atom. The molecule has 1 aliphatic rings. The largest absolute Gasteiger partial charge is 0.390 e. The summed E-state index contributed by atoms with van der Waals surface area (Å²) in [5.74, 6) is 5.14. The van der Waals surface area contributed by atoms with Crippen molar-refractivity contribution in [2.75, 3.05) is 19.7 Å². The molecule has 2 rings (SSSR count). The molecule has 29 heavy (non-hydrogen) atoms. The molecule has 0 amide bonds. The third kappa shape index (κ3) is 6.76. The van der Waals surface area contributed by atoms with Crippen molar-refractivity contribution in [1.82, 2.24) is 4.90 Å². The number of hydrogen-bond acceptors (Lipinski definition) is 5. The Balaban J connectivity index is 2.12. The van der Waals surface area contributed by atoms with E-state index < -0.39 is 5.82 Å². The minimum absolute atomic E-state index is 0.0821. The molecule has 0 saturated carbocycles. The van der Waals surface area contributed by atoms with Crippen molar-refractivity contribution in [3.63, 3.8) is 0 Å². The average Bonchev–Trinajstić information content (AvgIpc) is 3.17. The monoisotopic (exact) mass is 424 g/mol. The van der Waals surface area contributed by atoms with Crippen molar-refractivity contribution in [2.24, 2.45) is 15.9 Å². The first kappa shape index (κ1) is 23.8. The van der Waals surface area contributed by atoms with Crippen LogP contribution in [-0.2, 0) is 0 Å². The smallest absolute Gasteiger partial charge is 0.124 e. The molecule has 2 atom stereocenters. The van der Waals surface area contributed by atoms with Crippen LogP contribution in [0.2, 0.25) is 5.02 Å². The minimum Gasteiger partial charge on any atom is -0.390 e. The number of nitrogens with two attached hydrogens (primary N) is 1. The molecule has 3 N–H and O–H groups in total. The Morgan fingerprint density at radius 3 is 2.72 bits per heavy atom. The van der Waals surface area contributed by atoms with E-state index in [0.717, 1.165) is 19.5 Å². The van der Waals surface area contributed by atoms with Gasteiger partial charge in [0.05, 0.1) is 23.4 Å². The number of halogens is 2. The van der Waals surface area contributed by atoms with Crippen LogP contribution in [0.25, 0.3) is 0 Å². The molecule has 2 unspecified atom stereocenters. The predicted molar refractivity (Wildman–Crippen MR) is 119 cm³/mol. The highest BCUT2D eigenvalue weighted by Crippen LogP contribution is 2.23. The van der Waals surface area contributed by atoms with Crippen LogP contribution >= 0.6 is 11.6 Å². The van der Waals surface area contributed by atoms with Crippen molar-refractivity contribution < 1.29 is 9.50 Å². The zero-order valence-electron chi connectivity index (χ0n) is 17.6. The van der Waals surface area contributed by atoms with Crippen LogP contribution in [-0.4, -0.2) is 53.2 Å². The van der Waals surface area contributed by atoms with E-state index in [0.29, 0.717) is 23.0 Å². The van der Waals surface area contributed by atoms with Crippen molar-refractivity contribution in [3.05, 3.63) is 34.6 Å². The van der Waals surface area contributed by atoms with Gasteiger partial charge in [-0.05, 0) is 37.5 Å². The van der Waals surface area contributed by atoms with E-state index in [2.05, 4.69) is 23.8 Å². The zero-order chi connectivity index (χ0) is 21.2. The number of likely N-dealkylation sites (tertiary alicyclic amines) is 1. The molecule has 162 valence electrons. The first-order chi connectivity index (χ1) is 14.0.